The van der Waals surface area contributed by atoms with Crippen LogP contribution in [0.4, 0.5) is 23.2 Å². The second-order valence-corrected chi connectivity index (χ2v) is 5.91. The Bertz CT molecular complexity index is 820. The van der Waals surface area contributed by atoms with E-state index in [0.717, 1.165) is 30.3 Å². The number of anilines is 1. The highest BCUT2D eigenvalue weighted by atomic mass is 19.1. The molecule has 0 saturated carbocycles. The monoisotopic (exact) mass is 368 g/mol. The summed E-state index contributed by atoms with van der Waals surface area (Å²) in [5.41, 5.74) is -1.10. The van der Waals surface area contributed by atoms with Gasteiger partial charge in [-0.3, -0.25) is 9.59 Å². The molecule has 2 aromatic carbocycles. The van der Waals surface area contributed by atoms with Gasteiger partial charge < -0.3 is 10.6 Å². The second kappa shape index (κ2) is 7.99. The van der Waals surface area contributed by atoms with Gasteiger partial charge in [0.2, 0.25) is 5.91 Å². The van der Waals surface area contributed by atoms with E-state index in [2.05, 4.69) is 10.6 Å². The van der Waals surface area contributed by atoms with Gasteiger partial charge in [0.05, 0.1) is 5.69 Å². The highest BCUT2D eigenvalue weighted by Gasteiger charge is 2.27. The molecule has 0 fully saturated rings. The Balaban J connectivity index is 2.20. The Morgan fingerprint density at radius 1 is 0.923 bits per heavy atom. The lowest BCUT2D eigenvalue weighted by Crippen LogP contribution is -2.47. The van der Waals surface area contributed by atoms with Crippen LogP contribution < -0.4 is 10.6 Å². The molecule has 0 saturated heterocycles. The minimum Gasteiger partial charge on any atom is -0.340 e. The van der Waals surface area contributed by atoms with E-state index in [1.54, 1.807) is 13.8 Å². The molecular formula is C18H16F4N2O2. The molecule has 0 aliphatic rings. The van der Waals surface area contributed by atoms with E-state index in [4.69, 9.17) is 0 Å². The summed E-state index contributed by atoms with van der Waals surface area (Å²) in [6.45, 7) is 3.17. The van der Waals surface area contributed by atoms with E-state index in [-0.39, 0.29) is 5.69 Å². The Kier molecular flexibility index (Phi) is 5.97. The lowest BCUT2D eigenvalue weighted by Gasteiger charge is -2.22. The van der Waals surface area contributed by atoms with E-state index in [1.807, 2.05) is 0 Å². The zero-order valence-corrected chi connectivity index (χ0v) is 13.9. The largest absolute Gasteiger partial charge is 0.340 e. The van der Waals surface area contributed by atoms with E-state index in [9.17, 15) is 27.2 Å². The first kappa shape index (κ1) is 19.4. The van der Waals surface area contributed by atoms with Crippen molar-refractivity contribution in [3.63, 3.8) is 0 Å². The predicted octanol–water partition coefficient (Wildman–Crippen LogP) is 3.64. The smallest absolute Gasteiger partial charge is 0.257 e. The zero-order valence-electron chi connectivity index (χ0n) is 13.9. The fourth-order valence-electron chi connectivity index (χ4n) is 2.26. The van der Waals surface area contributed by atoms with Gasteiger partial charge in [-0.2, -0.15) is 0 Å². The summed E-state index contributed by atoms with van der Waals surface area (Å²) in [5.74, 6) is -6.36. The molecule has 2 rings (SSSR count). The third kappa shape index (κ3) is 4.38. The average molecular weight is 368 g/mol. The molecule has 0 bridgehead atoms. The molecule has 0 aliphatic heterocycles. The van der Waals surface area contributed by atoms with E-state index in [0.29, 0.717) is 6.07 Å². The van der Waals surface area contributed by atoms with Crippen molar-refractivity contribution in [1.82, 2.24) is 5.32 Å². The summed E-state index contributed by atoms with van der Waals surface area (Å²) >= 11 is 0. The molecule has 0 aliphatic carbocycles. The molecule has 138 valence electrons. The third-order valence-electron chi connectivity index (χ3n) is 3.61. The molecule has 2 aromatic rings. The van der Waals surface area contributed by atoms with Gasteiger partial charge in [0.1, 0.15) is 34.9 Å². The van der Waals surface area contributed by atoms with Gasteiger partial charge in [0.15, 0.2) is 0 Å². The topological polar surface area (TPSA) is 58.2 Å². The molecule has 26 heavy (non-hydrogen) atoms. The van der Waals surface area contributed by atoms with Crippen molar-refractivity contribution in [3.8, 4) is 0 Å². The van der Waals surface area contributed by atoms with E-state index >= 15 is 0 Å². The first-order chi connectivity index (χ1) is 12.2. The molecule has 0 spiro atoms. The summed E-state index contributed by atoms with van der Waals surface area (Å²) in [6, 6.07) is 4.30. The maximum absolute atomic E-state index is 13.7. The van der Waals surface area contributed by atoms with Gasteiger partial charge in [0.25, 0.3) is 5.91 Å². The van der Waals surface area contributed by atoms with E-state index in [1.165, 1.54) is 0 Å². The molecule has 2 amide bonds. The molecule has 1 atom stereocenters. The maximum Gasteiger partial charge on any atom is 0.257 e. The molecule has 1 unspecified atom stereocenters. The number of carbonyl (C=O) groups is 2. The fourth-order valence-corrected chi connectivity index (χ4v) is 2.26. The number of hydrogen-bond acceptors (Lipinski definition) is 2. The van der Waals surface area contributed by atoms with Crippen LogP contribution in [0.3, 0.4) is 0 Å². The maximum atomic E-state index is 13.7. The van der Waals surface area contributed by atoms with Gasteiger partial charge >= 0.3 is 0 Å². The van der Waals surface area contributed by atoms with Crippen LogP contribution in [0.5, 0.6) is 0 Å². The van der Waals surface area contributed by atoms with Gasteiger partial charge in [0, 0.05) is 6.07 Å². The highest BCUT2D eigenvalue weighted by Crippen LogP contribution is 2.17. The zero-order chi connectivity index (χ0) is 19.4. The van der Waals surface area contributed by atoms with Crippen molar-refractivity contribution in [2.75, 3.05) is 5.32 Å². The van der Waals surface area contributed by atoms with Gasteiger partial charge in [-0.15, -0.1) is 0 Å². The third-order valence-corrected chi connectivity index (χ3v) is 3.61. The van der Waals surface area contributed by atoms with Crippen molar-refractivity contribution in [2.24, 2.45) is 5.92 Å². The highest BCUT2D eigenvalue weighted by molar-refractivity contribution is 6.01. The van der Waals surface area contributed by atoms with Crippen LogP contribution in [-0.2, 0) is 4.79 Å². The SMILES string of the molecule is CC(C)C(NC(=O)c1c(F)cccc1F)C(=O)Nc1ccc(F)cc1F. The van der Waals surface area contributed by atoms with Crippen LogP contribution in [0.15, 0.2) is 36.4 Å². The lowest BCUT2D eigenvalue weighted by molar-refractivity contribution is -0.118. The Labute approximate surface area is 147 Å². The fraction of sp³-hybridized carbons (Fsp3) is 0.222. The molecule has 8 heteroatoms. The second-order valence-electron chi connectivity index (χ2n) is 5.91. The molecule has 0 aromatic heterocycles. The molecule has 4 nitrogen and oxygen atoms in total. The summed E-state index contributed by atoms with van der Waals surface area (Å²) < 4.78 is 54.0. The van der Waals surface area contributed by atoms with Crippen LogP contribution in [0.2, 0.25) is 0 Å². The van der Waals surface area contributed by atoms with E-state index < -0.39 is 52.6 Å². The van der Waals surface area contributed by atoms with Crippen LogP contribution in [0.1, 0.15) is 24.2 Å². The molecule has 0 heterocycles. The lowest BCUT2D eigenvalue weighted by atomic mass is 10.0. The van der Waals surface area contributed by atoms with Gasteiger partial charge in [-0.25, -0.2) is 17.6 Å². The van der Waals surface area contributed by atoms with Crippen molar-refractivity contribution in [2.45, 2.75) is 19.9 Å². The van der Waals surface area contributed by atoms with Crippen molar-refractivity contribution in [1.29, 1.82) is 0 Å². The number of benzene rings is 2. The first-order valence-corrected chi connectivity index (χ1v) is 7.71. The summed E-state index contributed by atoms with van der Waals surface area (Å²) in [5, 5.41) is 4.46. The normalized spacial score (nSPS) is 12.0. The van der Waals surface area contributed by atoms with Crippen LogP contribution in [0.25, 0.3) is 0 Å². The molecular weight excluding hydrogens is 352 g/mol. The standard InChI is InChI=1S/C18H16F4N2O2/c1-9(2)16(18(26)23-14-7-6-10(19)8-13(14)22)24-17(25)15-11(20)4-3-5-12(15)21/h3-9,16H,1-2H3,(H,23,26)(H,24,25). The molecule has 0 radical (unpaired) electrons. The van der Waals surface area contributed by atoms with Crippen molar-refractivity contribution >= 4 is 17.5 Å². The minimum absolute atomic E-state index is 0.284. The molecule has 2 N–H and O–H groups in total. The van der Waals surface area contributed by atoms with Crippen LogP contribution >= 0.6 is 0 Å². The predicted molar refractivity (Wildman–Crippen MR) is 87.4 cm³/mol. The summed E-state index contributed by atoms with van der Waals surface area (Å²) in [7, 11) is 0. The van der Waals surface area contributed by atoms with Gasteiger partial charge in [-0.05, 0) is 30.2 Å². The Morgan fingerprint density at radius 2 is 1.54 bits per heavy atom. The van der Waals surface area contributed by atoms with Crippen LogP contribution in [-0.4, -0.2) is 17.9 Å². The summed E-state index contributed by atoms with van der Waals surface area (Å²) in [4.78, 5) is 24.5. The number of carbonyl (C=O) groups excluding carboxylic acids is 2. The minimum atomic E-state index is -1.20. The number of halogens is 4. The van der Waals surface area contributed by atoms with Gasteiger partial charge in [-0.1, -0.05) is 19.9 Å². The number of rotatable bonds is 5. The first-order valence-electron chi connectivity index (χ1n) is 7.71. The quantitative estimate of drug-likeness (QED) is 0.792. The van der Waals surface area contributed by atoms with Crippen LogP contribution in [0, 0.1) is 29.2 Å². The number of amides is 2. The number of nitrogens with one attached hydrogen (secondary N) is 2. The van der Waals surface area contributed by atoms with Crippen molar-refractivity contribution < 1.29 is 27.2 Å². The van der Waals surface area contributed by atoms with Crippen molar-refractivity contribution in [3.05, 3.63) is 65.2 Å². The Morgan fingerprint density at radius 3 is 2.08 bits per heavy atom. The Hall–Kier alpha value is -2.90. The average Bonchev–Trinajstić information content (AvgIpc) is 2.54. The summed E-state index contributed by atoms with van der Waals surface area (Å²) in [6.07, 6.45) is 0. The number of hydrogen-bond donors (Lipinski definition) is 2.